The number of pyridine rings is 1. The molecule has 180 valence electrons. The van der Waals surface area contributed by atoms with E-state index in [0.29, 0.717) is 19.1 Å². The van der Waals surface area contributed by atoms with Crippen LogP contribution >= 0.6 is 24.0 Å². The Morgan fingerprint density at radius 1 is 1.12 bits per heavy atom. The molecule has 3 N–H and O–H groups in total. The van der Waals surface area contributed by atoms with Crippen molar-refractivity contribution < 1.29 is 5.11 Å². The molecule has 0 bridgehead atoms. The lowest BCUT2D eigenvalue weighted by Crippen LogP contribution is -2.49. The molecule has 0 amide bonds. The minimum atomic E-state index is -0.471. The summed E-state index contributed by atoms with van der Waals surface area (Å²) < 4.78 is 0. The van der Waals surface area contributed by atoms with Gasteiger partial charge in [0.1, 0.15) is 5.82 Å². The molecule has 1 saturated heterocycles. The Morgan fingerprint density at radius 3 is 2.61 bits per heavy atom. The number of anilines is 1. The van der Waals surface area contributed by atoms with Crippen molar-refractivity contribution in [2.24, 2.45) is 4.99 Å². The van der Waals surface area contributed by atoms with Crippen LogP contribution in [-0.4, -0.2) is 72.4 Å². The third kappa shape index (κ3) is 7.55. The number of β-amino-alcohol motifs (C(OH)–C–C–N with tert-alkyl or cyclic N) is 1. The van der Waals surface area contributed by atoms with Gasteiger partial charge < -0.3 is 20.6 Å². The van der Waals surface area contributed by atoms with Crippen molar-refractivity contribution in [1.29, 1.82) is 0 Å². The largest absolute Gasteiger partial charge is 0.390 e. The molecule has 1 atom stereocenters. The van der Waals surface area contributed by atoms with Crippen LogP contribution in [0.2, 0.25) is 0 Å². The second-order valence-corrected chi connectivity index (χ2v) is 8.72. The summed E-state index contributed by atoms with van der Waals surface area (Å²) in [6.45, 7) is 7.79. The van der Waals surface area contributed by atoms with Gasteiger partial charge in [0.2, 0.25) is 0 Å². The van der Waals surface area contributed by atoms with Crippen molar-refractivity contribution in [3.8, 4) is 0 Å². The van der Waals surface area contributed by atoms with Crippen molar-refractivity contribution in [3.63, 3.8) is 0 Å². The van der Waals surface area contributed by atoms with Gasteiger partial charge >= 0.3 is 0 Å². The summed E-state index contributed by atoms with van der Waals surface area (Å²) in [5.74, 6) is 1.85. The first-order chi connectivity index (χ1) is 15.7. The third-order valence-electron chi connectivity index (χ3n) is 6.29. The van der Waals surface area contributed by atoms with Crippen LogP contribution in [0.1, 0.15) is 30.9 Å². The molecule has 0 saturated carbocycles. The molecule has 33 heavy (non-hydrogen) atoms. The predicted molar refractivity (Wildman–Crippen MR) is 145 cm³/mol. The van der Waals surface area contributed by atoms with Gasteiger partial charge in [-0.3, -0.25) is 9.89 Å². The van der Waals surface area contributed by atoms with Crippen LogP contribution in [-0.2, 0) is 13.0 Å². The maximum atomic E-state index is 10.6. The van der Waals surface area contributed by atoms with Crippen molar-refractivity contribution in [2.45, 2.75) is 44.9 Å². The number of aliphatic hydroxyl groups is 1. The molecular weight excluding hydrogens is 527 g/mol. The molecule has 0 radical (unpaired) electrons. The fraction of sp³-hybridized carbons (Fsp3) is 0.520. The van der Waals surface area contributed by atoms with E-state index in [-0.39, 0.29) is 24.0 Å². The van der Waals surface area contributed by atoms with E-state index in [0.717, 1.165) is 63.8 Å². The standard InChI is InChI=1S/C25H36N6O.HI/c1-2-26-25(29-22-11-15-31(16-12-22)24-9-5-6-13-27-24)28-17-23(32)19-30-14-10-20-7-3-4-8-21(20)18-30;/h3-9,13,22-23,32H,2,10-12,14-19H2,1H3,(H2,26,28,29);1H. The number of guanidine groups is 1. The van der Waals surface area contributed by atoms with Crippen LogP contribution in [0.3, 0.4) is 0 Å². The quantitative estimate of drug-likeness (QED) is 0.273. The minimum Gasteiger partial charge on any atom is -0.390 e. The smallest absolute Gasteiger partial charge is 0.191 e. The van der Waals surface area contributed by atoms with Gasteiger partial charge in [-0.05, 0) is 49.4 Å². The highest BCUT2D eigenvalue weighted by Crippen LogP contribution is 2.19. The zero-order valence-electron chi connectivity index (χ0n) is 19.5. The maximum Gasteiger partial charge on any atom is 0.191 e. The van der Waals surface area contributed by atoms with E-state index < -0.39 is 6.10 Å². The van der Waals surface area contributed by atoms with Gasteiger partial charge in [0.05, 0.1) is 12.6 Å². The number of halogens is 1. The zero-order chi connectivity index (χ0) is 22.2. The van der Waals surface area contributed by atoms with Crippen molar-refractivity contribution in [2.75, 3.05) is 44.2 Å². The van der Waals surface area contributed by atoms with E-state index in [1.807, 2.05) is 18.3 Å². The zero-order valence-corrected chi connectivity index (χ0v) is 21.8. The van der Waals surface area contributed by atoms with Gasteiger partial charge in [-0.15, -0.1) is 24.0 Å². The number of nitrogens with zero attached hydrogens (tertiary/aromatic N) is 4. The Bertz CT molecular complexity index is 872. The van der Waals surface area contributed by atoms with Crippen LogP contribution in [0.15, 0.2) is 53.7 Å². The number of nitrogens with one attached hydrogen (secondary N) is 2. The maximum absolute atomic E-state index is 10.6. The number of aromatic nitrogens is 1. The van der Waals surface area contributed by atoms with E-state index in [9.17, 15) is 5.11 Å². The Kier molecular flexibility index (Phi) is 10.2. The van der Waals surface area contributed by atoms with Gasteiger partial charge in [0, 0.05) is 51.5 Å². The normalized spacial score (nSPS) is 18.2. The molecule has 1 aromatic heterocycles. The molecule has 1 unspecified atom stereocenters. The van der Waals surface area contributed by atoms with Gasteiger partial charge in [-0.1, -0.05) is 30.3 Å². The van der Waals surface area contributed by atoms with E-state index in [1.165, 1.54) is 11.1 Å². The number of hydrogen-bond donors (Lipinski definition) is 3. The summed E-state index contributed by atoms with van der Waals surface area (Å²) in [6, 6.07) is 15.0. The first-order valence-corrected chi connectivity index (χ1v) is 11.9. The average Bonchev–Trinajstić information content (AvgIpc) is 2.84. The van der Waals surface area contributed by atoms with Gasteiger partial charge in [-0.25, -0.2) is 4.98 Å². The molecule has 1 fully saturated rings. The SMILES string of the molecule is CCNC(=NCC(O)CN1CCc2ccccc2C1)NC1CCN(c2ccccn2)CC1.I. The van der Waals surface area contributed by atoms with Crippen LogP contribution in [0.5, 0.6) is 0 Å². The highest BCUT2D eigenvalue weighted by Gasteiger charge is 2.21. The topological polar surface area (TPSA) is 76.0 Å². The Balaban J connectivity index is 0.00000306. The summed E-state index contributed by atoms with van der Waals surface area (Å²) in [5.41, 5.74) is 2.81. The molecule has 0 aliphatic carbocycles. The Labute approximate surface area is 214 Å². The lowest BCUT2D eigenvalue weighted by atomic mass is 10.00. The molecule has 3 heterocycles. The highest BCUT2D eigenvalue weighted by molar-refractivity contribution is 14.0. The molecule has 2 aromatic rings. The van der Waals surface area contributed by atoms with E-state index >= 15 is 0 Å². The first kappa shape index (κ1) is 25.7. The average molecular weight is 565 g/mol. The van der Waals surface area contributed by atoms with E-state index in [2.05, 4.69) is 67.7 Å². The summed E-state index contributed by atoms with van der Waals surface area (Å²) in [7, 11) is 0. The van der Waals surface area contributed by atoms with Crippen LogP contribution in [0.25, 0.3) is 0 Å². The molecule has 4 rings (SSSR count). The minimum absolute atomic E-state index is 0. The summed E-state index contributed by atoms with van der Waals surface area (Å²) in [4.78, 5) is 13.8. The number of aliphatic hydroxyl groups excluding tert-OH is 1. The number of hydrogen-bond acceptors (Lipinski definition) is 5. The molecule has 2 aliphatic heterocycles. The van der Waals surface area contributed by atoms with E-state index in [1.54, 1.807) is 0 Å². The summed E-state index contributed by atoms with van der Waals surface area (Å²) in [6.07, 6.45) is 4.51. The number of benzene rings is 1. The number of piperidine rings is 1. The van der Waals surface area contributed by atoms with Crippen LogP contribution in [0, 0.1) is 0 Å². The fourth-order valence-electron chi connectivity index (χ4n) is 4.57. The third-order valence-corrected chi connectivity index (χ3v) is 6.29. The van der Waals surface area contributed by atoms with Crippen LogP contribution < -0.4 is 15.5 Å². The fourth-order valence-corrected chi connectivity index (χ4v) is 4.57. The van der Waals surface area contributed by atoms with E-state index in [4.69, 9.17) is 0 Å². The Morgan fingerprint density at radius 2 is 1.88 bits per heavy atom. The second kappa shape index (κ2) is 13.1. The Hall–Kier alpha value is -1.91. The number of aliphatic imine (C=N–C) groups is 1. The second-order valence-electron chi connectivity index (χ2n) is 8.72. The molecule has 2 aliphatic rings. The molecule has 8 heteroatoms. The highest BCUT2D eigenvalue weighted by atomic mass is 127. The van der Waals surface area contributed by atoms with Gasteiger partial charge in [-0.2, -0.15) is 0 Å². The molecule has 0 spiro atoms. The predicted octanol–water partition coefficient (Wildman–Crippen LogP) is 2.64. The summed E-state index contributed by atoms with van der Waals surface area (Å²) in [5, 5.41) is 17.5. The van der Waals surface area contributed by atoms with Crippen molar-refractivity contribution >= 4 is 35.8 Å². The first-order valence-electron chi connectivity index (χ1n) is 11.9. The number of fused-ring (bicyclic) bond motifs is 1. The summed E-state index contributed by atoms with van der Waals surface area (Å²) >= 11 is 0. The van der Waals surface area contributed by atoms with Gasteiger partial charge in [0.15, 0.2) is 5.96 Å². The molecular formula is C25H37IN6O. The van der Waals surface area contributed by atoms with Crippen molar-refractivity contribution in [1.82, 2.24) is 20.5 Å². The number of rotatable bonds is 7. The molecule has 7 nitrogen and oxygen atoms in total. The monoisotopic (exact) mass is 564 g/mol. The lowest BCUT2D eigenvalue weighted by Gasteiger charge is -2.34. The van der Waals surface area contributed by atoms with Gasteiger partial charge in [0.25, 0.3) is 0 Å². The lowest BCUT2D eigenvalue weighted by molar-refractivity contribution is 0.111. The van der Waals surface area contributed by atoms with Crippen molar-refractivity contribution in [3.05, 3.63) is 59.8 Å². The van der Waals surface area contributed by atoms with Crippen LogP contribution in [0.4, 0.5) is 5.82 Å². The molecule has 1 aromatic carbocycles.